The van der Waals surface area contributed by atoms with Gasteiger partial charge in [0.05, 0.1) is 11.2 Å². The van der Waals surface area contributed by atoms with Crippen molar-refractivity contribution in [3.8, 4) is 0 Å². The van der Waals surface area contributed by atoms with Crippen molar-refractivity contribution < 1.29 is 23.1 Å². The number of pyridine rings is 1. The first-order chi connectivity index (χ1) is 12.2. The number of rotatable bonds is 2. The number of H-pyrrole nitrogens is 1. The van der Waals surface area contributed by atoms with Gasteiger partial charge in [-0.2, -0.15) is 13.2 Å². The van der Waals surface area contributed by atoms with E-state index in [9.17, 15) is 27.9 Å². The summed E-state index contributed by atoms with van der Waals surface area (Å²) in [6.45, 7) is 0.278. The van der Waals surface area contributed by atoms with Crippen LogP contribution in [0, 0.1) is 0 Å². The zero-order valence-electron chi connectivity index (χ0n) is 13.7. The van der Waals surface area contributed by atoms with E-state index in [1.165, 1.54) is 35.4 Å². The lowest BCUT2D eigenvalue weighted by Crippen LogP contribution is -2.46. The molecule has 1 aromatic heterocycles. The van der Waals surface area contributed by atoms with Crippen LogP contribution >= 0.6 is 0 Å². The highest BCUT2D eigenvalue weighted by Gasteiger charge is 2.38. The number of amides is 1. The molecule has 0 unspecified atom stereocenters. The molecule has 3 rings (SSSR count). The number of nitrogens with zero attached hydrogens (tertiary/aromatic N) is 1. The predicted molar refractivity (Wildman–Crippen MR) is 87.5 cm³/mol. The highest BCUT2D eigenvalue weighted by Crippen LogP contribution is 2.36. The Balaban J connectivity index is 1.76. The van der Waals surface area contributed by atoms with Gasteiger partial charge in [0, 0.05) is 19.3 Å². The van der Waals surface area contributed by atoms with Crippen molar-refractivity contribution >= 4 is 5.91 Å². The molecule has 0 saturated carbocycles. The molecule has 1 saturated heterocycles. The zero-order valence-corrected chi connectivity index (χ0v) is 13.7. The molecule has 1 aliphatic heterocycles. The molecule has 1 amide bonds. The second-order valence-corrected chi connectivity index (χ2v) is 6.32. The summed E-state index contributed by atoms with van der Waals surface area (Å²) in [6, 6.07) is 7.56. The Bertz CT molecular complexity index is 868. The SMILES string of the molecule is O=C(c1ccc[nH]c1=O)N1CCC(O)(c2cccc(C(F)(F)F)c2)CC1. The molecule has 26 heavy (non-hydrogen) atoms. The summed E-state index contributed by atoms with van der Waals surface area (Å²) in [5, 5.41) is 10.8. The van der Waals surface area contributed by atoms with E-state index in [0.717, 1.165) is 12.1 Å². The number of hydrogen-bond donors (Lipinski definition) is 2. The van der Waals surface area contributed by atoms with Crippen LogP contribution in [0.25, 0.3) is 0 Å². The lowest BCUT2D eigenvalue weighted by atomic mass is 9.83. The van der Waals surface area contributed by atoms with Crippen molar-refractivity contribution in [2.45, 2.75) is 24.6 Å². The number of piperidine rings is 1. The number of aromatic amines is 1. The minimum atomic E-state index is -4.49. The molecular formula is C18H17F3N2O3. The van der Waals surface area contributed by atoms with E-state index in [0.29, 0.717) is 0 Å². The topological polar surface area (TPSA) is 73.4 Å². The summed E-state index contributed by atoms with van der Waals surface area (Å²) >= 11 is 0. The molecule has 2 aromatic rings. The number of nitrogens with one attached hydrogen (secondary N) is 1. The molecule has 0 aliphatic carbocycles. The summed E-state index contributed by atoms with van der Waals surface area (Å²) in [6.07, 6.45) is -2.89. The monoisotopic (exact) mass is 366 g/mol. The largest absolute Gasteiger partial charge is 0.416 e. The molecular weight excluding hydrogens is 349 g/mol. The van der Waals surface area contributed by atoms with Gasteiger partial charge in [0.2, 0.25) is 0 Å². The quantitative estimate of drug-likeness (QED) is 0.858. The van der Waals surface area contributed by atoms with Crippen molar-refractivity contribution in [1.29, 1.82) is 0 Å². The molecule has 1 fully saturated rings. The van der Waals surface area contributed by atoms with E-state index >= 15 is 0 Å². The molecule has 5 nitrogen and oxygen atoms in total. The van der Waals surface area contributed by atoms with Crippen molar-refractivity contribution in [2.75, 3.05) is 13.1 Å². The first-order valence-electron chi connectivity index (χ1n) is 8.08. The number of carbonyl (C=O) groups excluding carboxylic acids is 1. The van der Waals surface area contributed by atoms with Crippen LogP contribution in [0.1, 0.15) is 34.3 Å². The average molecular weight is 366 g/mol. The first-order valence-corrected chi connectivity index (χ1v) is 8.08. The van der Waals surface area contributed by atoms with Gasteiger partial charge in [0.1, 0.15) is 5.56 Å². The zero-order chi connectivity index (χ0) is 18.9. The van der Waals surface area contributed by atoms with Gasteiger partial charge < -0.3 is 15.0 Å². The number of hydrogen-bond acceptors (Lipinski definition) is 3. The molecule has 0 radical (unpaired) electrons. The van der Waals surface area contributed by atoms with Gasteiger partial charge in [0.25, 0.3) is 11.5 Å². The molecule has 2 heterocycles. The van der Waals surface area contributed by atoms with Crippen molar-refractivity contribution in [3.63, 3.8) is 0 Å². The summed E-state index contributed by atoms with van der Waals surface area (Å²) < 4.78 is 38.7. The minimum Gasteiger partial charge on any atom is -0.385 e. The number of likely N-dealkylation sites (tertiary alicyclic amines) is 1. The summed E-state index contributed by atoms with van der Waals surface area (Å²) in [4.78, 5) is 28.0. The van der Waals surface area contributed by atoms with Gasteiger partial charge in [-0.15, -0.1) is 0 Å². The summed E-state index contributed by atoms with van der Waals surface area (Å²) in [5.41, 5.74) is -2.59. The number of halogens is 3. The van der Waals surface area contributed by atoms with Crippen LogP contribution in [0.3, 0.4) is 0 Å². The number of alkyl halides is 3. The first kappa shape index (κ1) is 18.2. The Hall–Kier alpha value is -2.61. The van der Waals surface area contributed by atoms with Crippen LogP contribution in [0.4, 0.5) is 13.2 Å². The van der Waals surface area contributed by atoms with E-state index in [-0.39, 0.29) is 37.1 Å². The third kappa shape index (κ3) is 3.50. The van der Waals surface area contributed by atoms with Gasteiger partial charge >= 0.3 is 6.18 Å². The Morgan fingerprint density at radius 1 is 1.15 bits per heavy atom. The highest BCUT2D eigenvalue weighted by atomic mass is 19.4. The normalized spacial score (nSPS) is 17.2. The molecule has 138 valence electrons. The lowest BCUT2D eigenvalue weighted by molar-refractivity contribution is -0.137. The van der Waals surface area contributed by atoms with Crippen LogP contribution in [0.5, 0.6) is 0 Å². The summed E-state index contributed by atoms with van der Waals surface area (Å²) in [7, 11) is 0. The minimum absolute atomic E-state index is 0.00277. The fourth-order valence-corrected chi connectivity index (χ4v) is 3.11. The van der Waals surface area contributed by atoms with E-state index < -0.39 is 28.8 Å². The Morgan fingerprint density at radius 2 is 1.85 bits per heavy atom. The highest BCUT2D eigenvalue weighted by molar-refractivity contribution is 5.93. The fraction of sp³-hybridized carbons (Fsp3) is 0.333. The standard InChI is InChI=1S/C18H17F3N2O3/c19-18(20,21)13-4-1-3-12(11-13)17(26)6-9-23(10-7-17)16(25)14-5-2-8-22-15(14)24/h1-5,8,11,26H,6-7,9-10H2,(H,22,24). The molecule has 2 N–H and O–H groups in total. The van der Waals surface area contributed by atoms with E-state index in [1.807, 2.05) is 0 Å². The number of aromatic nitrogens is 1. The third-order valence-electron chi connectivity index (χ3n) is 4.65. The van der Waals surface area contributed by atoms with Crippen molar-refractivity contribution in [1.82, 2.24) is 9.88 Å². The molecule has 0 spiro atoms. The maximum atomic E-state index is 12.9. The molecule has 8 heteroatoms. The fourth-order valence-electron chi connectivity index (χ4n) is 3.11. The average Bonchev–Trinajstić information content (AvgIpc) is 2.62. The van der Waals surface area contributed by atoms with Crippen molar-refractivity contribution in [2.24, 2.45) is 0 Å². The van der Waals surface area contributed by atoms with Gasteiger partial charge in [-0.05, 0) is 42.7 Å². The molecule has 1 aliphatic rings. The molecule has 0 bridgehead atoms. The van der Waals surface area contributed by atoms with Crippen LogP contribution in [0.2, 0.25) is 0 Å². The van der Waals surface area contributed by atoms with Crippen LogP contribution in [0.15, 0.2) is 47.4 Å². The van der Waals surface area contributed by atoms with Crippen LogP contribution in [-0.4, -0.2) is 34.0 Å². The van der Waals surface area contributed by atoms with Gasteiger partial charge in [-0.25, -0.2) is 0 Å². The second kappa shape index (κ2) is 6.60. The molecule has 0 atom stereocenters. The lowest BCUT2D eigenvalue weighted by Gasteiger charge is -2.38. The van der Waals surface area contributed by atoms with E-state index in [2.05, 4.69) is 4.98 Å². The smallest absolute Gasteiger partial charge is 0.385 e. The molecule has 1 aromatic carbocycles. The second-order valence-electron chi connectivity index (χ2n) is 6.32. The number of carbonyl (C=O) groups is 1. The van der Waals surface area contributed by atoms with E-state index in [4.69, 9.17) is 0 Å². The van der Waals surface area contributed by atoms with Crippen LogP contribution in [-0.2, 0) is 11.8 Å². The third-order valence-corrected chi connectivity index (χ3v) is 4.65. The Labute approximate surface area is 147 Å². The van der Waals surface area contributed by atoms with Crippen LogP contribution < -0.4 is 5.56 Å². The van der Waals surface area contributed by atoms with Crippen molar-refractivity contribution in [3.05, 3.63) is 69.6 Å². The van der Waals surface area contributed by atoms with Gasteiger partial charge in [-0.1, -0.05) is 12.1 Å². The maximum absolute atomic E-state index is 12.9. The maximum Gasteiger partial charge on any atom is 0.416 e. The predicted octanol–water partition coefficient (Wildman–Crippen LogP) is 2.52. The number of aliphatic hydroxyl groups is 1. The van der Waals surface area contributed by atoms with E-state index in [1.54, 1.807) is 0 Å². The Kier molecular flexibility index (Phi) is 4.62. The Morgan fingerprint density at radius 3 is 2.46 bits per heavy atom. The number of benzene rings is 1. The van der Waals surface area contributed by atoms with Gasteiger partial charge in [0.15, 0.2) is 0 Å². The van der Waals surface area contributed by atoms with Gasteiger partial charge in [-0.3, -0.25) is 9.59 Å². The summed E-state index contributed by atoms with van der Waals surface area (Å²) in [5.74, 6) is -0.460.